The van der Waals surface area contributed by atoms with Crippen LogP contribution in [0.5, 0.6) is 11.5 Å². The van der Waals surface area contributed by atoms with Crippen molar-refractivity contribution in [3.8, 4) is 11.5 Å². The van der Waals surface area contributed by atoms with Gasteiger partial charge in [-0.05, 0) is 55.7 Å². The minimum Gasteiger partial charge on any atom is -0.454 e. The molecule has 2 aliphatic rings. The Morgan fingerprint density at radius 2 is 1.84 bits per heavy atom. The number of carbonyl (C=O) groups is 1. The van der Waals surface area contributed by atoms with E-state index in [1.165, 1.54) is 5.56 Å². The van der Waals surface area contributed by atoms with E-state index in [2.05, 4.69) is 6.07 Å². The first-order valence-electron chi connectivity index (χ1n) is 10.5. The molecule has 0 radical (unpaired) electrons. The van der Waals surface area contributed by atoms with Crippen LogP contribution in [-0.2, 0) is 21.1 Å². The van der Waals surface area contributed by atoms with Gasteiger partial charge >= 0.3 is 0 Å². The van der Waals surface area contributed by atoms with Gasteiger partial charge in [0.1, 0.15) is 0 Å². The molecule has 1 atom stereocenters. The fourth-order valence-corrected chi connectivity index (χ4v) is 6.04. The van der Waals surface area contributed by atoms with Crippen molar-refractivity contribution in [1.29, 1.82) is 0 Å². The van der Waals surface area contributed by atoms with Crippen LogP contribution in [-0.4, -0.2) is 50.1 Å². The molecule has 0 bridgehead atoms. The summed E-state index contributed by atoms with van der Waals surface area (Å²) < 4.78 is 35.4. The van der Waals surface area contributed by atoms with Gasteiger partial charge in [-0.25, -0.2) is 8.42 Å². The number of sulfone groups is 1. The largest absolute Gasteiger partial charge is 0.454 e. The third-order valence-corrected chi connectivity index (χ3v) is 9.19. The van der Waals surface area contributed by atoms with Crippen LogP contribution in [0.1, 0.15) is 36.6 Å². The number of thioether (sulfide) groups is 1. The SMILES string of the molecule is CC(C)S(=O)(=O)c1ccc(CC(=O)N2CCSC(c3ccc4c(c3)OCO4)CC2)cc1. The Morgan fingerprint density at radius 1 is 1.10 bits per heavy atom. The predicted octanol–water partition coefficient (Wildman–Crippen LogP) is 3.85. The first kappa shape index (κ1) is 22.0. The normalized spacial score (nSPS) is 18.8. The van der Waals surface area contributed by atoms with Gasteiger partial charge in [0, 0.05) is 24.1 Å². The van der Waals surface area contributed by atoms with Crippen molar-refractivity contribution in [3.63, 3.8) is 0 Å². The molecule has 6 nitrogen and oxygen atoms in total. The number of carbonyl (C=O) groups excluding carboxylic acids is 1. The second-order valence-corrected chi connectivity index (χ2v) is 11.9. The number of nitrogens with zero attached hydrogens (tertiary/aromatic N) is 1. The van der Waals surface area contributed by atoms with Crippen LogP contribution >= 0.6 is 11.8 Å². The summed E-state index contributed by atoms with van der Waals surface area (Å²) >= 11 is 1.86. The van der Waals surface area contributed by atoms with E-state index in [0.29, 0.717) is 23.2 Å². The van der Waals surface area contributed by atoms with Crippen molar-refractivity contribution in [2.75, 3.05) is 25.6 Å². The van der Waals surface area contributed by atoms with E-state index in [-0.39, 0.29) is 19.1 Å². The minimum absolute atomic E-state index is 0.0754. The first-order valence-corrected chi connectivity index (χ1v) is 13.1. The van der Waals surface area contributed by atoms with Gasteiger partial charge < -0.3 is 14.4 Å². The number of hydrogen-bond acceptors (Lipinski definition) is 6. The molecule has 2 aromatic rings. The highest BCUT2D eigenvalue weighted by Gasteiger charge is 2.24. The molecular weight excluding hydrogens is 434 g/mol. The Kier molecular flexibility index (Phi) is 6.48. The van der Waals surface area contributed by atoms with Gasteiger partial charge in [-0.2, -0.15) is 11.8 Å². The maximum absolute atomic E-state index is 12.9. The molecule has 0 saturated carbocycles. The highest BCUT2D eigenvalue weighted by molar-refractivity contribution is 7.99. The zero-order chi connectivity index (χ0) is 22.0. The average molecular weight is 462 g/mol. The van der Waals surface area contributed by atoms with E-state index < -0.39 is 15.1 Å². The molecule has 1 amide bonds. The van der Waals surface area contributed by atoms with Crippen LogP contribution in [0.15, 0.2) is 47.4 Å². The van der Waals surface area contributed by atoms with Gasteiger partial charge in [-0.1, -0.05) is 18.2 Å². The van der Waals surface area contributed by atoms with Crippen molar-refractivity contribution >= 4 is 27.5 Å². The summed E-state index contributed by atoms with van der Waals surface area (Å²) in [7, 11) is -3.30. The van der Waals surface area contributed by atoms with Gasteiger partial charge in [0.25, 0.3) is 0 Å². The first-order chi connectivity index (χ1) is 14.8. The Hall–Kier alpha value is -2.19. The van der Waals surface area contributed by atoms with Crippen molar-refractivity contribution in [1.82, 2.24) is 4.90 Å². The lowest BCUT2D eigenvalue weighted by atomic mass is 10.1. The summed E-state index contributed by atoms with van der Waals surface area (Å²) in [5.41, 5.74) is 2.03. The van der Waals surface area contributed by atoms with E-state index in [1.54, 1.807) is 38.1 Å². The molecule has 31 heavy (non-hydrogen) atoms. The molecule has 2 aliphatic heterocycles. The number of hydrogen-bond donors (Lipinski definition) is 0. The molecular formula is C23H27NO5S2. The molecule has 166 valence electrons. The quantitative estimate of drug-likeness (QED) is 0.674. The van der Waals surface area contributed by atoms with Crippen LogP contribution < -0.4 is 9.47 Å². The van der Waals surface area contributed by atoms with Crippen LogP contribution in [0.4, 0.5) is 0 Å². The standard InChI is InChI=1S/C23H27NO5S2/c1-16(2)31(26,27)19-6-3-17(4-7-19)13-23(25)24-10-9-22(30-12-11-24)18-5-8-20-21(14-18)29-15-28-20/h3-8,14,16,22H,9-13,15H2,1-2H3. The van der Waals surface area contributed by atoms with Crippen molar-refractivity contribution in [2.24, 2.45) is 0 Å². The summed E-state index contributed by atoms with van der Waals surface area (Å²) in [5, 5.41) is -0.153. The van der Waals surface area contributed by atoms with E-state index in [9.17, 15) is 13.2 Å². The van der Waals surface area contributed by atoms with Crippen LogP contribution in [0, 0.1) is 0 Å². The number of ether oxygens (including phenoxy) is 2. The maximum Gasteiger partial charge on any atom is 0.231 e. The summed E-state index contributed by atoms with van der Waals surface area (Å²) in [6.45, 7) is 5.01. The molecule has 0 spiro atoms. The highest BCUT2D eigenvalue weighted by atomic mass is 32.2. The highest BCUT2D eigenvalue weighted by Crippen LogP contribution is 2.40. The van der Waals surface area contributed by atoms with E-state index in [1.807, 2.05) is 28.8 Å². The van der Waals surface area contributed by atoms with Gasteiger partial charge in [0.05, 0.1) is 16.6 Å². The number of rotatable bonds is 5. The lowest BCUT2D eigenvalue weighted by Gasteiger charge is -2.20. The second-order valence-electron chi connectivity index (χ2n) is 8.06. The maximum atomic E-state index is 12.9. The van der Waals surface area contributed by atoms with Gasteiger partial charge in [0.15, 0.2) is 21.3 Å². The zero-order valence-corrected chi connectivity index (χ0v) is 19.4. The lowest BCUT2D eigenvalue weighted by Crippen LogP contribution is -2.34. The third-order valence-electron chi connectivity index (χ3n) is 5.69. The Balaban J connectivity index is 1.37. The van der Waals surface area contributed by atoms with Crippen LogP contribution in [0.2, 0.25) is 0 Å². The Morgan fingerprint density at radius 3 is 2.58 bits per heavy atom. The van der Waals surface area contributed by atoms with Crippen molar-refractivity contribution in [2.45, 2.75) is 42.1 Å². The Bertz CT molecular complexity index is 1050. The predicted molar refractivity (Wildman–Crippen MR) is 121 cm³/mol. The van der Waals surface area contributed by atoms with Crippen LogP contribution in [0.25, 0.3) is 0 Å². The molecule has 2 heterocycles. The van der Waals surface area contributed by atoms with Gasteiger partial charge in [-0.15, -0.1) is 0 Å². The molecule has 4 rings (SSSR count). The van der Waals surface area contributed by atoms with E-state index in [4.69, 9.17) is 9.47 Å². The molecule has 1 saturated heterocycles. The monoisotopic (exact) mass is 461 g/mol. The molecule has 0 aromatic heterocycles. The second kappa shape index (κ2) is 9.12. The van der Waals surface area contributed by atoms with Crippen molar-refractivity contribution < 1.29 is 22.7 Å². The topological polar surface area (TPSA) is 72.9 Å². The number of fused-ring (bicyclic) bond motifs is 1. The number of amides is 1. The fourth-order valence-electron chi connectivity index (χ4n) is 3.75. The van der Waals surface area contributed by atoms with Gasteiger partial charge in [0.2, 0.25) is 12.7 Å². The summed E-state index contributed by atoms with van der Waals surface area (Å²) in [4.78, 5) is 15.1. The average Bonchev–Trinajstić information content (AvgIpc) is 3.08. The summed E-state index contributed by atoms with van der Waals surface area (Å²) in [6, 6.07) is 12.8. The summed E-state index contributed by atoms with van der Waals surface area (Å²) in [5.74, 6) is 2.52. The smallest absolute Gasteiger partial charge is 0.231 e. The fraction of sp³-hybridized carbons (Fsp3) is 0.435. The van der Waals surface area contributed by atoms with E-state index in [0.717, 1.165) is 29.2 Å². The summed E-state index contributed by atoms with van der Waals surface area (Å²) in [6.07, 6.45) is 1.16. The zero-order valence-electron chi connectivity index (χ0n) is 17.7. The molecule has 0 N–H and O–H groups in total. The molecule has 1 fully saturated rings. The molecule has 2 aromatic carbocycles. The van der Waals surface area contributed by atoms with Crippen LogP contribution in [0.3, 0.4) is 0 Å². The number of benzene rings is 2. The molecule has 1 unspecified atom stereocenters. The molecule has 0 aliphatic carbocycles. The minimum atomic E-state index is -3.30. The molecule has 8 heteroatoms. The Labute approximate surface area is 187 Å². The lowest BCUT2D eigenvalue weighted by molar-refractivity contribution is -0.130. The van der Waals surface area contributed by atoms with Crippen molar-refractivity contribution in [3.05, 3.63) is 53.6 Å². The van der Waals surface area contributed by atoms with E-state index >= 15 is 0 Å². The van der Waals surface area contributed by atoms with Gasteiger partial charge in [-0.3, -0.25) is 4.79 Å². The third kappa shape index (κ3) is 4.85.